The highest BCUT2D eigenvalue weighted by atomic mass is 35.5. The Kier molecular flexibility index (Phi) is 7.06. The van der Waals surface area contributed by atoms with Gasteiger partial charge in [-0.1, -0.05) is 48.0 Å². The average molecular weight is 400 g/mol. The second kappa shape index (κ2) is 9.71. The first kappa shape index (κ1) is 20.4. The molecule has 1 N–H and O–H groups in total. The number of nitrogens with one attached hydrogen (secondary N) is 1. The molecular formula is C22H26ClN3O2. The maximum atomic E-state index is 12.5. The molecule has 1 aliphatic heterocycles. The number of piperazine rings is 1. The van der Waals surface area contributed by atoms with Gasteiger partial charge in [0.05, 0.1) is 0 Å². The molecule has 1 heterocycles. The van der Waals surface area contributed by atoms with Crippen molar-refractivity contribution < 1.29 is 9.59 Å². The van der Waals surface area contributed by atoms with Crippen molar-refractivity contribution in [3.05, 3.63) is 64.7 Å². The maximum Gasteiger partial charge on any atom is 0.233 e. The Morgan fingerprint density at radius 3 is 2.46 bits per heavy atom. The lowest BCUT2D eigenvalue weighted by molar-refractivity contribution is -0.136. The van der Waals surface area contributed by atoms with Crippen LogP contribution in [-0.4, -0.2) is 54.3 Å². The summed E-state index contributed by atoms with van der Waals surface area (Å²) in [5.74, 6) is -0.429. The van der Waals surface area contributed by atoms with E-state index in [0.717, 1.165) is 31.6 Å². The molecule has 0 radical (unpaired) electrons. The highest BCUT2D eigenvalue weighted by Gasteiger charge is 2.22. The zero-order chi connectivity index (χ0) is 19.9. The highest BCUT2D eigenvalue weighted by molar-refractivity contribution is 6.31. The van der Waals surface area contributed by atoms with E-state index in [4.69, 9.17) is 11.6 Å². The fraction of sp³-hybridized carbons (Fsp3) is 0.364. The summed E-state index contributed by atoms with van der Waals surface area (Å²) >= 11 is 5.98. The van der Waals surface area contributed by atoms with Crippen LogP contribution in [0.4, 0.5) is 5.69 Å². The summed E-state index contributed by atoms with van der Waals surface area (Å²) in [5, 5.41) is 3.34. The standard InChI is InChI=1S/C22H26ClN3O2/c1-17-7-8-19(23)15-20(17)24-21(27)16-22(28)26-13-11-25(12-14-26)10-9-18-5-3-2-4-6-18/h2-8,15H,9-14,16H2,1H3,(H,24,27). The normalized spacial score (nSPS) is 14.7. The van der Waals surface area contributed by atoms with E-state index in [-0.39, 0.29) is 18.2 Å². The summed E-state index contributed by atoms with van der Waals surface area (Å²) in [6.45, 7) is 5.89. The van der Waals surface area contributed by atoms with Crippen molar-refractivity contribution in [1.29, 1.82) is 0 Å². The molecule has 2 aromatic rings. The molecule has 5 nitrogen and oxygen atoms in total. The molecule has 148 valence electrons. The number of carbonyl (C=O) groups is 2. The van der Waals surface area contributed by atoms with Crippen molar-refractivity contribution >= 4 is 29.1 Å². The smallest absolute Gasteiger partial charge is 0.233 e. The molecule has 0 atom stereocenters. The predicted molar refractivity (Wildman–Crippen MR) is 113 cm³/mol. The minimum atomic E-state index is -0.304. The molecule has 0 unspecified atom stereocenters. The van der Waals surface area contributed by atoms with Gasteiger partial charge in [0, 0.05) is 43.4 Å². The van der Waals surface area contributed by atoms with E-state index in [2.05, 4.69) is 34.5 Å². The molecule has 1 aliphatic rings. The van der Waals surface area contributed by atoms with Gasteiger partial charge in [-0.3, -0.25) is 14.5 Å². The molecule has 0 aliphatic carbocycles. The lowest BCUT2D eigenvalue weighted by Crippen LogP contribution is -2.49. The first-order valence-electron chi connectivity index (χ1n) is 9.61. The number of hydrogen-bond acceptors (Lipinski definition) is 3. The van der Waals surface area contributed by atoms with Gasteiger partial charge in [-0.2, -0.15) is 0 Å². The van der Waals surface area contributed by atoms with Crippen molar-refractivity contribution in [2.45, 2.75) is 19.8 Å². The first-order chi connectivity index (χ1) is 13.5. The molecule has 0 aromatic heterocycles. The quantitative estimate of drug-likeness (QED) is 0.758. The van der Waals surface area contributed by atoms with E-state index in [9.17, 15) is 9.59 Å². The third kappa shape index (κ3) is 5.81. The van der Waals surface area contributed by atoms with Crippen LogP contribution in [0.3, 0.4) is 0 Å². The van der Waals surface area contributed by atoms with Crippen LogP contribution >= 0.6 is 11.6 Å². The second-order valence-electron chi connectivity index (χ2n) is 7.14. The number of amides is 2. The lowest BCUT2D eigenvalue weighted by Gasteiger charge is -2.34. The Morgan fingerprint density at radius 1 is 1.04 bits per heavy atom. The molecular weight excluding hydrogens is 374 g/mol. The number of halogens is 1. The number of hydrogen-bond donors (Lipinski definition) is 1. The number of aryl methyl sites for hydroxylation is 1. The molecule has 3 rings (SSSR count). The van der Waals surface area contributed by atoms with Crippen molar-refractivity contribution in [3.8, 4) is 0 Å². The van der Waals surface area contributed by atoms with Gasteiger partial charge < -0.3 is 10.2 Å². The van der Waals surface area contributed by atoms with E-state index in [1.165, 1.54) is 5.56 Å². The zero-order valence-electron chi connectivity index (χ0n) is 16.2. The summed E-state index contributed by atoms with van der Waals surface area (Å²) in [4.78, 5) is 28.8. The average Bonchev–Trinajstić information content (AvgIpc) is 2.70. The Balaban J connectivity index is 1.42. The second-order valence-corrected chi connectivity index (χ2v) is 7.58. The van der Waals surface area contributed by atoms with Gasteiger partial charge in [0.1, 0.15) is 6.42 Å². The topological polar surface area (TPSA) is 52.7 Å². The Labute approximate surface area is 171 Å². The minimum absolute atomic E-state index is 0.125. The van der Waals surface area contributed by atoms with Crippen LogP contribution in [0.1, 0.15) is 17.5 Å². The summed E-state index contributed by atoms with van der Waals surface area (Å²) in [7, 11) is 0. The Bertz CT molecular complexity index is 818. The van der Waals surface area contributed by atoms with Gasteiger partial charge in [0.2, 0.25) is 11.8 Å². The molecule has 2 aromatic carbocycles. The lowest BCUT2D eigenvalue weighted by atomic mass is 10.1. The number of rotatable bonds is 6. The van der Waals surface area contributed by atoms with E-state index < -0.39 is 0 Å². The molecule has 0 bridgehead atoms. The predicted octanol–water partition coefficient (Wildman–Crippen LogP) is 3.36. The fourth-order valence-corrected chi connectivity index (χ4v) is 3.50. The third-order valence-electron chi connectivity index (χ3n) is 5.07. The Hall–Kier alpha value is -2.37. The van der Waals surface area contributed by atoms with Crippen LogP contribution in [0.2, 0.25) is 5.02 Å². The van der Waals surface area contributed by atoms with Crippen LogP contribution in [0.25, 0.3) is 0 Å². The molecule has 28 heavy (non-hydrogen) atoms. The number of nitrogens with zero attached hydrogens (tertiary/aromatic N) is 2. The van der Waals surface area contributed by atoms with Gasteiger partial charge in [0.15, 0.2) is 0 Å². The van der Waals surface area contributed by atoms with Gasteiger partial charge in [-0.15, -0.1) is 0 Å². The summed E-state index contributed by atoms with van der Waals surface area (Å²) in [6.07, 6.45) is 0.867. The molecule has 6 heteroatoms. The van der Waals surface area contributed by atoms with E-state index in [1.807, 2.05) is 19.1 Å². The maximum absolute atomic E-state index is 12.5. The largest absolute Gasteiger partial charge is 0.340 e. The van der Waals surface area contributed by atoms with Gasteiger partial charge in [-0.05, 0) is 36.6 Å². The molecule has 2 amide bonds. The Morgan fingerprint density at radius 2 is 1.75 bits per heavy atom. The SMILES string of the molecule is Cc1ccc(Cl)cc1NC(=O)CC(=O)N1CCN(CCc2ccccc2)CC1. The molecule has 1 fully saturated rings. The first-order valence-corrected chi connectivity index (χ1v) is 9.99. The number of anilines is 1. The van der Waals surface area contributed by atoms with Crippen molar-refractivity contribution in [1.82, 2.24) is 9.80 Å². The fourth-order valence-electron chi connectivity index (χ4n) is 3.33. The minimum Gasteiger partial charge on any atom is -0.340 e. The van der Waals surface area contributed by atoms with Gasteiger partial charge in [-0.25, -0.2) is 0 Å². The van der Waals surface area contributed by atoms with Gasteiger partial charge >= 0.3 is 0 Å². The monoisotopic (exact) mass is 399 g/mol. The number of benzene rings is 2. The van der Waals surface area contributed by atoms with Crippen LogP contribution in [-0.2, 0) is 16.0 Å². The molecule has 0 saturated carbocycles. The summed E-state index contributed by atoms with van der Waals surface area (Å²) in [6, 6.07) is 15.7. The van der Waals surface area contributed by atoms with Crippen LogP contribution in [0, 0.1) is 6.92 Å². The summed E-state index contributed by atoms with van der Waals surface area (Å²) < 4.78 is 0. The van der Waals surface area contributed by atoms with Crippen LogP contribution in [0.15, 0.2) is 48.5 Å². The van der Waals surface area contributed by atoms with Crippen LogP contribution in [0.5, 0.6) is 0 Å². The summed E-state index contributed by atoms with van der Waals surface area (Å²) in [5.41, 5.74) is 2.89. The highest BCUT2D eigenvalue weighted by Crippen LogP contribution is 2.20. The third-order valence-corrected chi connectivity index (χ3v) is 5.31. The van der Waals surface area contributed by atoms with E-state index in [0.29, 0.717) is 23.8 Å². The van der Waals surface area contributed by atoms with E-state index >= 15 is 0 Å². The van der Waals surface area contributed by atoms with Crippen LogP contribution < -0.4 is 5.32 Å². The van der Waals surface area contributed by atoms with Crippen molar-refractivity contribution in [3.63, 3.8) is 0 Å². The van der Waals surface area contributed by atoms with Crippen molar-refractivity contribution in [2.75, 3.05) is 38.0 Å². The van der Waals surface area contributed by atoms with Crippen molar-refractivity contribution in [2.24, 2.45) is 0 Å². The molecule has 1 saturated heterocycles. The zero-order valence-corrected chi connectivity index (χ0v) is 16.9. The number of carbonyl (C=O) groups excluding carboxylic acids is 2. The van der Waals surface area contributed by atoms with E-state index in [1.54, 1.807) is 17.0 Å². The molecule has 0 spiro atoms. The van der Waals surface area contributed by atoms with Gasteiger partial charge in [0.25, 0.3) is 0 Å².